The summed E-state index contributed by atoms with van der Waals surface area (Å²) in [5, 5.41) is 7.71. The van der Waals surface area contributed by atoms with Crippen molar-refractivity contribution < 1.29 is 14.3 Å². The fourth-order valence-electron chi connectivity index (χ4n) is 0.0467. The Balaban J connectivity index is 3.82. The molecular formula is C3H2BrFO2. The molecule has 0 aliphatic heterocycles. The highest BCUT2D eigenvalue weighted by Crippen LogP contribution is 1.98. The van der Waals surface area contributed by atoms with Gasteiger partial charge in [-0.2, -0.15) is 4.39 Å². The maximum atomic E-state index is 11.5. The number of carboxylic acids is 1. The van der Waals surface area contributed by atoms with E-state index in [9.17, 15) is 9.18 Å². The lowest BCUT2D eigenvalue weighted by molar-refractivity contribution is -0.134. The first-order chi connectivity index (χ1) is 3.18. The first-order valence-corrected chi connectivity index (χ1v) is 2.29. The van der Waals surface area contributed by atoms with E-state index in [1.54, 1.807) is 0 Å². The molecular weight excluding hydrogens is 167 g/mol. The fourth-order valence-corrected chi connectivity index (χ4v) is 0.243. The molecule has 0 heterocycles. The quantitative estimate of drug-likeness (QED) is 0.600. The highest BCUT2D eigenvalue weighted by atomic mass is 79.9. The van der Waals surface area contributed by atoms with Gasteiger partial charge in [-0.05, 0) is 0 Å². The fraction of sp³-hybridized carbons (Fsp3) is 0. The van der Waals surface area contributed by atoms with Crippen LogP contribution in [0.1, 0.15) is 0 Å². The van der Waals surface area contributed by atoms with Gasteiger partial charge in [0.15, 0.2) is 0 Å². The van der Waals surface area contributed by atoms with Crippen molar-refractivity contribution in [3.05, 3.63) is 10.8 Å². The van der Waals surface area contributed by atoms with E-state index in [1.165, 1.54) is 0 Å². The number of halogens is 2. The lowest BCUT2D eigenvalue weighted by atomic mass is 10.6. The van der Waals surface area contributed by atoms with Gasteiger partial charge in [-0.25, -0.2) is 4.79 Å². The van der Waals surface area contributed by atoms with E-state index in [4.69, 9.17) is 5.11 Å². The Morgan fingerprint density at radius 2 is 2.29 bits per heavy atom. The van der Waals surface area contributed by atoms with Crippen molar-refractivity contribution in [1.29, 1.82) is 0 Å². The second-order valence-corrected chi connectivity index (χ2v) is 1.22. The molecule has 4 heteroatoms. The summed E-state index contributed by atoms with van der Waals surface area (Å²) in [6.07, 6.45) is 0. The van der Waals surface area contributed by atoms with E-state index in [1.807, 2.05) is 0 Å². The average molecular weight is 169 g/mol. The number of carbonyl (C=O) groups is 1. The molecule has 0 fully saturated rings. The van der Waals surface area contributed by atoms with E-state index >= 15 is 0 Å². The van der Waals surface area contributed by atoms with Gasteiger partial charge < -0.3 is 5.11 Å². The van der Waals surface area contributed by atoms with Gasteiger partial charge in [0.05, 0.1) is 0 Å². The minimum atomic E-state index is -1.56. The number of hydrogen-bond acceptors (Lipinski definition) is 1. The van der Waals surface area contributed by atoms with Gasteiger partial charge in [0.2, 0.25) is 5.83 Å². The van der Waals surface area contributed by atoms with Gasteiger partial charge in [-0.15, -0.1) is 0 Å². The first-order valence-electron chi connectivity index (χ1n) is 1.37. The minimum Gasteiger partial charge on any atom is -0.476 e. The van der Waals surface area contributed by atoms with Crippen molar-refractivity contribution in [2.75, 3.05) is 0 Å². The molecule has 0 aromatic rings. The summed E-state index contributed by atoms with van der Waals surface area (Å²) in [6, 6.07) is 0. The Morgan fingerprint density at radius 3 is 2.29 bits per heavy atom. The summed E-state index contributed by atoms with van der Waals surface area (Å²) >= 11 is 2.50. The van der Waals surface area contributed by atoms with Crippen LogP contribution in [0.25, 0.3) is 0 Å². The van der Waals surface area contributed by atoms with Crippen LogP contribution in [0.5, 0.6) is 0 Å². The Hall–Kier alpha value is -0.380. The topological polar surface area (TPSA) is 37.3 Å². The Bertz CT molecular complexity index is 110. The smallest absolute Gasteiger partial charge is 0.365 e. The maximum Gasteiger partial charge on any atom is 0.365 e. The molecule has 7 heavy (non-hydrogen) atoms. The average Bonchev–Trinajstić information content (AvgIpc) is 1.65. The Kier molecular flexibility index (Phi) is 2.59. The predicted octanol–water partition coefficient (Wildman–Crippen LogP) is 1.28. The summed E-state index contributed by atoms with van der Waals surface area (Å²) in [6.45, 7) is 0. The van der Waals surface area contributed by atoms with Crippen LogP contribution in [0.4, 0.5) is 4.39 Å². The third-order valence-corrected chi connectivity index (χ3v) is 0.702. The zero-order valence-electron chi connectivity index (χ0n) is 3.19. The minimum absolute atomic E-state index is 0.704. The molecule has 1 N–H and O–H groups in total. The van der Waals surface area contributed by atoms with Gasteiger partial charge in [-0.1, -0.05) is 15.9 Å². The van der Waals surface area contributed by atoms with Crippen LogP contribution in [-0.4, -0.2) is 11.1 Å². The SMILES string of the molecule is O=C(O)/C(F)=C/Br. The third kappa shape index (κ3) is 2.33. The van der Waals surface area contributed by atoms with Gasteiger partial charge in [-0.3, -0.25) is 0 Å². The van der Waals surface area contributed by atoms with Crippen LogP contribution in [0.3, 0.4) is 0 Å². The zero-order valence-corrected chi connectivity index (χ0v) is 4.77. The normalized spacial score (nSPS) is 11.4. The van der Waals surface area contributed by atoms with Gasteiger partial charge >= 0.3 is 5.97 Å². The van der Waals surface area contributed by atoms with Crippen molar-refractivity contribution in [2.45, 2.75) is 0 Å². The number of hydrogen-bond donors (Lipinski definition) is 1. The highest BCUT2D eigenvalue weighted by Gasteiger charge is 2.00. The summed E-state index contributed by atoms with van der Waals surface area (Å²) < 4.78 is 11.5. The van der Waals surface area contributed by atoms with Crippen LogP contribution >= 0.6 is 15.9 Å². The number of carboxylic acid groups (broad SMARTS) is 1. The van der Waals surface area contributed by atoms with Gasteiger partial charge in [0.25, 0.3) is 0 Å². The van der Waals surface area contributed by atoms with Gasteiger partial charge in [0, 0.05) is 4.99 Å². The molecule has 40 valence electrons. The Morgan fingerprint density at radius 1 is 1.86 bits per heavy atom. The van der Waals surface area contributed by atoms with Crippen LogP contribution in [-0.2, 0) is 4.79 Å². The molecule has 0 aliphatic carbocycles. The molecule has 2 nitrogen and oxygen atoms in total. The molecule has 0 unspecified atom stereocenters. The molecule has 0 aromatic heterocycles. The van der Waals surface area contributed by atoms with Crippen molar-refractivity contribution in [1.82, 2.24) is 0 Å². The molecule has 0 bridgehead atoms. The van der Waals surface area contributed by atoms with Crippen LogP contribution in [0, 0.1) is 0 Å². The monoisotopic (exact) mass is 168 g/mol. The standard InChI is InChI=1S/C3H2BrFO2/c4-1-2(5)3(6)7/h1H,(H,6,7)/b2-1-. The second kappa shape index (κ2) is 2.74. The van der Waals surface area contributed by atoms with Crippen molar-refractivity contribution >= 4 is 21.9 Å². The largest absolute Gasteiger partial charge is 0.476 e. The van der Waals surface area contributed by atoms with Crippen molar-refractivity contribution in [3.63, 3.8) is 0 Å². The molecule has 0 spiro atoms. The second-order valence-electron chi connectivity index (χ2n) is 0.762. The van der Waals surface area contributed by atoms with E-state index in [0.29, 0.717) is 4.99 Å². The van der Waals surface area contributed by atoms with E-state index < -0.39 is 11.8 Å². The molecule has 0 amide bonds. The summed E-state index contributed by atoms with van der Waals surface area (Å²) in [7, 11) is 0. The molecule has 0 saturated heterocycles. The van der Waals surface area contributed by atoms with Crippen molar-refractivity contribution in [3.8, 4) is 0 Å². The summed E-state index contributed by atoms with van der Waals surface area (Å²) in [5.41, 5.74) is 0. The number of aliphatic carboxylic acids is 1. The lowest BCUT2D eigenvalue weighted by Gasteiger charge is -1.78. The highest BCUT2D eigenvalue weighted by molar-refractivity contribution is 9.11. The number of rotatable bonds is 1. The summed E-state index contributed by atoms with van der Waals surface area (Å²) in [5.74, 6) is -2.75. The van der Waals surface area contributed by atoms with Crippen LogP contribution in [0.15, 0.2) is 10.8 Å². The Labute approximate surface area is 47.8 Å². The molecule has 0 saturated carbocycles. The predicted molar refractivity (Wildman–Crippen MR) is 25.8 cm³/mol. The van der Waals surface area contributed by atoms with Gasteiger partial charge in [0.1, 0.15) is 0 Å². The van der Waals surface area contributed by atoms with Crippen LogP contribution < -0.4 is 0 Å². The van der Waals surface area contributed by atoms with E-state index in [-0.39, 0.29) is 0 Å². The van der Waals surface area contributed by atoms with Crippen LogP contribution in [0.2, 0.25) is 0 Å². The first kappa shape index (κ1) is 6.62. The lowest BCUT2D eigenvalue weighted by Crippen LogP contribution is -1.92. The molecule has 0 radical (unpaired) electrons. The van der Waals surface area contributed by atoms with E-state index in [2.05, 4.69) is 15.9 Å². The molecule has 0 aromatic carbocycles. The molecule has 0 atom stereocenters. The molecule has 0 aliphatic rings. The molecule has 0 rings (SSSR count). The van der Waals surface area contributed by atoms with Crippen molar-refractivity contribution in [2.24, 2.45) is 0 Å². The third-order valence-electron chi connectivity index (χ3n) is 0.300. The zero-order chi connectivity index (χ0) is 5.86. The maximum absolute atomic E-state index is 11.5. The summed E-state index contributed by atoms with van der Waals surface area (Å²) in [4.78, 5) is 10.2. The van der Waals surface area contributed by atoms with E-state index in [0.717, 1.165) is 0 Å².